The molecule has 0 aromatic heterocycles. The van der Waals surface area contributed by atoms with Crippen LogP contribution in [0.25, 0.3) is 0 Å². The van der Waals surface area contributed by atoms with E-state index in [4.69, 9.17) is 9.47 Å². The molecule has 1 unspecified atom stereocenters. The van der Waals surface area contributed by atoms with E-state index in [9.17, 15) is 31.2 Å². The van der Waals surface area contributed by atoms with Gasteiger partial charge in [0, 0.05) is 12.1 Å². The molecular formula is C25H19F3N2O6S. The molecule has 37 heavy (non-hydrogen) atoms. The molecule has 0 saturated heterocycles. The first-order chi connectivity index (χ1) is 17.5. The fourth-order valence-electron chi connectivity index (χ4n) is 4.29. The standard InChI is InChI=1S/C25H19F3N2O6S/c26-25(27,28)16-4-3-5-17(11-16)29-23(31)13-30-18-6-1-2-7-21(18)37(33,34)22(12-24(30)32)15-8-9-19-20(10-15)36-14-35-19/h1-11,22H,12-14H2,(H,29,31). The van der Waals surface area contributed by atoms with Crippen molar-refractivity contribution in [3.63, 3.8) is 0 Å². The third kappa shape index (κ3) is 4.71. The molecule has 3 aromatic carbocycles. The summed E-state index contributed by atoms with van der Waals surface area (Å²) in [5, 5.41) is 1.10. The third-order valence-electron chi connectivity index (χ3n) is 6.04. The van der Waals surface area contributed by atoms with Gasteiger partial charge in [-0.15, -0.1) is 0 Å². The van der Waals surface area contributed by atoms with Crippen molar-refractivity contribution in [1.29, 1.82) is 0 Å². The van der Waals surface area contributed by atoms with Crippen molar-refractivity contribution >= 4 is 33.0 Å². The summed E-state index contributed by atoms with van der Waals surface area (Å²) < 4.78 is 77.0. The minimum absolute atomic E-state index is 0.00721. The summed E-state index contributed by atoms with van der Waals surface area (Å²) in [6.45, 7) is -0.609. The molecule has 2 aliphatic heterocycles. The number of amides is 2. The SMILES string of the molecule is O=C(CN1C(=O)CC(c2ccc3c(c2)OCO3)S(=O)(=O)c2ccccc21)Nc1cccc(C(F)(F)F)c1. The van der Waals surface area contributed by atoms with Crippen LogP contribution in [0.1, 0.15) is 22.8 Å². The van der Waals surface area contributed by atoms with E-state index in [2.05, 4.69) is 5.32 Å². The average Bonchev–Trinajstić information content (AvgIpc) is 3.30. The van der Waals surface area contributed by atoms with E-state index in [0.717, 1.165) is 23.1 Å². The largest absolute Gasteiger partial charge is 0.454 e. The predicted molar refractivity (Wildman–Crippen MR) is 126 cm³/mol. The highest BCUT2D eigenvalue weighted by Crippen LogP contribution is 2.43. The van der Waals surface area contributed by atoms with Crippen LogP contribution in [0.3, 0.4) is 0 Å². The van der Waals surface area contributed by atoms with E-state index in [0.29, 0.717) is 17.1 Å². The molecule has 3 aromatic rings. The molecule has 5 rings (SSSR count). The van der Waals surface area contributed by atoms with Crippen molar-refractivity contribution < 1.29 is 40.7 Å². The Morgan fingerprint density at radius 1 is 1.00 bits per heavy atom. The summed E-state index contributed by atoms with van der Waals surface area (Å²) >= 11 is 0. The van der Waals surface area contributed by atoms with E-state index in [1.165, 1.54) is 36.4 Å². The molecule has 192 valence electrons. The van der Waals surface area contributed by atoms with Gasteiger partial charge in [0.15, 0.2) is 21.3 Å². The smallest absolute Gasteiger partial charge is 0.416 e. The minimum Gasteiger partial charge on any atom is -0.454 e. The zero-order valence-electron chi connectivity index (χ0n) is 19.0. The van der Waals surface area contributed by atoms with Crippen molar-refractivity contribution in [3.8, 4) is 11.5 Å². The first-order valence-electron chi connectivity index (χ1n) is 11.0. The van der Waals surface area contributed by atoms with Crippen molar-refractivity contribution in [2.75, 3.05) is 23.6 Å². The summed E-state index contributed by atoms with van der Waals surface area (Å²) in [5.41, 5.74) is -0.724. The summed E-state index contributed by atoms with van der Waals surface area (Å²) in [6.07, 6.45) is -5.06. The lowest BCUT2D eigenvalue weighted by molar-refractivity contribution is -0.137. The second-order valence-electron chi connectivity index (χ2n) is 8.42. The second kappa shape index (κ2) is 9.11. The summed E-state index contributed by atoms with van der Waals surface area (Å²) in [6, 6.07) is 14.5. The Bertz CT molecular complexity index is 1510. The van der Waals surface area contributed by atoms with E-state index in [1.54, 1.807) is 12.1 Å². The maximum Gasteiger partial charge on any atom is 0.416 e. The Labute approximate surface area is 209 Å². The van der Waals surface area contributed by atoms with Crippen LogP contribution in [-0.2, 0) is 25.6 Å². The van der Waals surface area contributed by atoms with Crippen LogP contribution < -0.4 is 19.7 Å². The molecule has 2 amide bonds. The molecule has 0 saturated carbocycles. The number of carbonyl (C=O) groups excluding carboxylic acids is 2. The lowest BCUT2D eigenvalue weighted by Gasteiger charge is -2.22. The number of ether oxygens (including phenoxy) is 2. The number of hydrogen-bond acceptors (Lipinski definition) is 6. The number of halogens is 3. The molecule has 12 heteroatoms. The Morgan fingerprint density at radius 3 is 2.54 bits per heavy atom. The number of fused-ring (bicyclic) bond motifs is 2. The number of carbonyl (C=O) groups is 2. The predicted octanol–water partition coefficient (Wildman–Crippen LogP) is 4.32. The first kappa shape index (κ1) is 24.6. The topological polar surface area (TPSA) is 102 Å². The van der Waals surface area contributed by atoms with Gasteiger partial charge < -0.3 is 19.7 Å². The van der Waals surface area contributed by atoms with Crippen molar-refractivity contribution in [2.45, 2.75) is 22.7 Å². The van der Waals surface area contributed by atoms with Crippen LogP contribution in [0.4, 0.5) is 24.5 Å². The minimum atomic E-state index is -4.60. The molecule has 0 bridgehead atoms. The number of alkyl halides is 3. The molecule has 1 N–H and O–H groups in total. The quantitative estimate of drug-likeness (QED) is 0.537. The van der Waals surface area contributed by atoms with Crippen molar-refractivity contribution in [2.24, 2.45) is 0 Å². The Morgan fingerprint density at radius 2 is 1.76 bits per heavy atom. The van der Waals surface area contributed by atoms with Crippen LogP contribution >= 0.6 is 0 Å². The number of nitrogens with one attached hydrogen (secondary N) is 1. The Kier molecular flexibility index (Phi) is 6.06. The van der Waals surface area contributed by atoms with E-state index < -0.39 is 51.6 Å². The van der Waals surface area contributed by atoms with Gasteiger partial charge in [0.1, 0.15) is 6.54 Å². The third-order valence-corrected chi connectivity index (χ3v) is 8.19. The normalized spacial score (nSPS) is 18.2. The number of benzene rings is 3. The lowest BCUT2D eigenvalue weighted by Crippen LogP contribution is -2.38. The van der Waals surface area contributed by atoms with Gasteiger partial charge in [0.2, 0.25) is 18.6 Å². The number of rotatable bonds is 4. The number of nitrogens with zero attached hydrogens (tertiary/aromatic N) is 1. The fourth-order valence-corrected chi connectivity index (χ4v) is 6.20. The Hall–Kier alpha value is -4.06. The van der Waals surface area contributed by atoms with Gasteiger partial charge in [-0.3, -0.25) is 9.59 Å². The fraction of sp³-hybridized carbons (Fsp3) is 0.200. The van der Waals surface area contributed by atoms with Gasteiger partial charge >= 0.3 is 6.18 Å². The molecule has 0 fully saturated rings. The van der Waals surface area contributed by atoms with Crippen LogP contribution in [-0.4, -0.2) is 33.6 Å². The first-order valence-corrected chi connectivity index (χ1v) is 12.6. The van der Waals surface area contributed by atoms with E-state index in [1.807, 2.05) is 0 Å². The molecule has 0 aliphatic carbocycles. The number of anilines is 2. The molecule has 0 radical (unpaired) electrons. The highest BCUT2D eigenvalue weighted by molar-refractivity contribution is 7.92. The van der Waals surface area contributed by atoms with Crippen LogP contribution in [0.15, 0.2) is 71.6 Å². The van der Waals surface area contributed by atoms with Gasteiger partial charge in [0.05, 0.1) is 21.4 Å². The molecule has 1 atom stereocenters. The zero-order chi connectivity index (χ0) is 26.4. The highest BCUT2D eigenvalue weighted by Gasteiger charge is 2.40. The maximum absolute atomic E-state index is 13.7. The highest BCUT2D eigenvalue weighted by atomic mass is 32.2. The summed E-state index contributed by atoms with van der Waals surface area (Å²) in [5.74, 6) is -0.624. The molecule has 0 spiro atoms. The number of sulfone groups is 1. The van der Waals surface area contributed by atoms with Gasteiger partial charge in [-0.05, 0) is 48.0 Å². The average molecular weight is 532 g/mol. The van der Waals surface area contributed by atoms with E-state index >= 15 is 0 Å². The summed E-state index contributed by atoms with van der Waals surface area (Å²) in [7, 11) is -4.09. The molecule has 2 heterocycles. The van der Waals surface area contributed by atoms with Gasteiger partial charge in [-0.2, -0.15) is 13.2 Å². The molecule has 8 nitrogen and oxygen atoms in total. The van der Waals surface area contributed by atoms with E-state index in [-0.39, 0.29) is 23.1 Å². The van der Waals surface area contributed by atoms with Crippen LogP contribution in [0, 0.1) is 0 Å². The molecule has 2 aliphatic rings. The second-order valence-corrected chi connectivity index (χ2v) is 10.5. The maximum atomic E-state index is 13.7. The van der Waals surface area contributed by atoms with Crippen LogP contribution in [0.2, 0.25) is 0 Å². The van der Waals surface area contributed by atoms with Crippen molar-refractivity contribution in [1.82, 2.24) is 0 Å². The number of para-hydroxylation sites is 1. The zero-order valence-corrected chi connectivity index (χ0v) is 19.8. The lowest BCUT2D eigenvalue weighted by atomic mass is 10.1. The number of hydrogen-bond donors (Lipinski definition) is 1. The van der Waals surface area contributed by atoms with Gasteiger partial charge in [0.25, 0.3) is 0 Å². The molecular weight excluding hydrogens is 513 g/mol. The van der Waals surface area contributed by atoms with Crippen LogP contribution in [0.5, 0.6) is 11.5 Å². The monoisotopic (exact) mass is 532 g/mol. The Balaban J connectivity index is 1.46. The van der Waals surface area contributed by atoms with Crippen molar-refractivity contribution in [3.05, 3.63) is 77.9 Å². The summed E-state index contributed by atoms with van der Waals surface area (Å²) in [4.78, 5) is 27.0. The van der Waals surface area contributed by atoms with Gasteiger partial charge in [-0.1, -0.05) is 24.3 Å². The van der Waals surface area contributed by atoms with Gasteiger partial charge in [-0.25, -0.2) is 8.42 Å².